The van der Waals surface area contributed by atoms with Gasteiger partial charge in [-0.15, -0.1) is 0 Å². The molecule has 0 bridgehead atoms. The summed E-state index contributed by atoms with van der Waals surface area (Å²) in [6.07, 6.45) is 1.46. The molecule has 0 unspecified atom stereocenters. The van der Waals surface area contributed by atoms with Gasteiger partial charge in [-0.05, 0) is 36.8 Å². The van der Waals surface area contributed by atoms with Crippen LogP contribution < -0.4 is 10.1 Å². The van der Waals surface area contributed by atoms with Crippen LogP contribution in [0.2, 0.25) is 5.02 Å². The number of benzene rings is 1. The fourth-order valence-electron chi connectivity index (χ4n) is 1.61. The highest BCUT2D eigenvalue weighted by molar-refractivity contribution is 6.31. The molecule has 1 aromatic heterocycles. The molecule has 2 aromatic rings. The smallest absolute Gasteiger partial charge is 0.262 e. The molecule has 0 aliphatic carbocycles. The number of rotatable bonds is 5. The van der Waals surface area contributed by atoms with E-state index in [-0.39, 0.29) is 19.1 Å². The number of nitrogens with zero attached hydrogens (tertiary/aromatic N) is 1. The summed E-state index contributed by atoms with van der Waals surface area (Å²) in [6, 6.07) is 8.57. The zero-order valence-electron chi connectivity index (χ0n) is 11.5. The molecule has 0 spiro atoms. The van der Waals surface area contributed by atoms with Gasteiger partial charge in [0.1, 0.15) is 5.75 Å². The molecule has 1 heterocycles. The Labute approximate surface area is 127 Å². The minimum Gasteiger partial charge on any atom is -0.482 e. The summed E-state index contributed by atoms with van der Waals surface area (Å²) in [5.74, 6) is 0.172. The number of ether oxygens (including phenoxy) is 1. The number of aryl methyl sites for hydroxylation is 1. The molecule has 1 amide bonds. The number of hydrogen-bond acceptors (Lipinski definition) is 4. The van der Waals surface area contributed by atoms with E-state index in [0.29, 0.717) is 22.2 Å². The first-order valence-electron chi connectivity index (χ1n) is 6.33. The summed E-state index contributed by atoms with van der Waals surface area (Å²) in [4.78, 5) is 15.7. The highest BCUT2D eigenvalue weighted by Gasteiger charge is 2.05. The van der Waals surface area contributed by atoms with Crippen LogP contribution in [0.25, 0.3) is 0 Å². The number of aliphatic hydroxyl groups excluding tert-OH is 1. The van der Waals surface area contributed by atoms with Crippen LogP contribution in [0.3, 0.4) is 0 Å². The van der Waals surface area contributed by atoms with Crippen molar-refractivity contribution < 1.29 is 14.6 Å². The number of halogens is 1. The molecule has 0 atom stereocenters. The molecule has 2 N–H and O–H groups in total. The van der Waals surface area contributed by atoms with E-state index >= 15 is 0 Å². The first-order chi connectivity index (χ1) is 10.1. The van der Waals surface area contributed by atoms with Gasteiger partial charge in [-0.25, -0.2) is 0 Å². The van der Waals surface area contributed by atoms with Gasteiger partial charge in [0.15, 0.2) is 6.61 Å². The highest BCUT2D eigenvalue weighted by atomic mass is 35.5. The van der Waals surface area contributed by atoms with Crippen LogP contribution in [-0.4, -0.2) is 22.6 Å². The molecule has 6 heteroatoms. The van der Waals surface area contributed by atoms with Crippen LogP contribution in [0.1, 0.15) is 11.3 Å². The summed E-state index contributed by atoms with van der Waals surface area (Å²) >= 11 is 5.99. The van der Waals surface area contributed by atoms with E-state index < -0.39 is 0 Å². The predicted molar refractivity (Wildman–Crippen MR) is 80.5 cm³/mol. The minimum atomic E-state index is -0.291. The Kier molecular flexibility index (Phi) is 5.14. The van der Waals surface area contributed by atoms with Crippen molar-refractivity contribution >= 4 is 23.2 Å². The second-order valence-electron chi connectivity index (χ2n) is 4.44. The number of aliphatic hydroxyl groups is 1. The number of amides is 1. The molecule has 1 aromatic carbocycles. The van der Waals surface area contributed by atoms with Crippen molar-refractivity contribution in [1.82, 2.24) is 4.98 Å². The molecule has 21 heavy (non-hydrogen) atoms. The van der Waals surface area contributed by atoms with E-state index in [1.165, 1.54) is 6.20 Å². The molecule has 5 nitrogen and oxygen atoms in total. The average Bonchev–Trinajstić information content (AvgIpc) is 2.49. The number of pyridine rings is 1. The summed E-state index contributed by atoms with van der Waals surface area (Å²) < 4.78 is 5.30. The van der Waals surface area contributed by atoms with E-state index in [0.717, 1.165) is 5.56 Å². The first-order valence-corrected chi connectivity index (χ1v) is 6.71. The maximum atomic E-state index is 11.8. The lowest BCUT2D eigenvalue weighted by Gasteiger charge is -2.08. The Morgan fingerprint density at radius 3 is 2.81 bits per heavy atom. The van der Waals surface area contributed by atoms with Crippen LogP contribution >= 0.6 is 11.6 Å². The van der Waals surface area contributed by atoms with Crippen molar-refractivity contribution in [3.8, 4) is 5.75 Å². The molecular formula is C15H15ClN2O3. The Balaban J connectivity index is 1.87. The van der Waals surface area contributed by atoms with Gasteiger partial charge in [0, 0.05) is 10.7 Å². The summed E-state index contributed by atoms with van der Waals surface area (Å²) in [5, 5.41) is 12.2. The van der Waals surface area contributed by atoms with Crippen LogP contribution in [0.15, 0.2) is 36.5 Å². The lowest BCUT2D eigenvalue weighted by Crippen LogP contribution is -2.20. The Morgan fingerprint density at radius 2 is 2.19 bits per heavy atom. The van der Waals surface area contributed by atoms with Gasteiger partial charge in [0.25, 0.3) is 5.91 Å². The monoisotopic (exact) mass is 306 g/mol. The predicted octanol–water partition coefficient (Wildman–Crippen LogP) is 2.55. The fraction of sp³-hybridized carbons (Fsp3) is 0.200. The molecule has 0 saturated heterocycles. The van der Waals surface area contributed by atoms with Gasteiger partial charge in [0.2, 0.25) is 0 Å². The molecule has 0 radical (unpaired) electrons. The quantitative estimate of drug-likeness (QED) is 0.890. The van der Waals surface area contributed by atoms with Crippen LogP contribution in [0.5, 0.6) is 5.75 Å². The summed E-state index contributed by atoms with van der Waals surface area (Å²) in [5.41, 5.74) is 2.11. The first kappa shape index (κ1) is 15.3. The van der Waals surface area contributed by atoms with Gasteiger partial charge in [-0.1, -0.05) is 17.7 Å². The molecular weight excluding hydrogens is 292 g/mol. The third kappa shape index (κ3) is 4.44. The van der Waals surface area contributed by atoms with E-state index in [9.17, 15) is 4.79 Å². The Morgan fingerprint density at radius 1 is 1.38 bits per heavy atom. The Hall–Kier alpha value is -2.11. The second kappa shape index (κ2) is 7.06. The SMILES string of the molecule is Cc1ccc(NC(=O)COc2ccc(CO)nc2)cc1Cl. The van der Waals surface area contributed by atoms with Gasteiger partial charge < -0.3 is 15.2 Å². The van der Waals surface area contributed by atoms with Crippen LogP contribution in [-0.2, 0) is 11.4 Å². The summed E-state index contributed by atoms with van der Waals surface area (Å²) in [7, 11) is 0. The average molecular weight is 307 g/mol. The van der Waals surface area contributed by atoms with Crippen molar-refractivity contribution in [2.24, 2.45) is 0 Å². The third-order valence-electron chi connectivity index (χ3n) is 2.79. The molecule has 0 aliphatic heterocycles. The van der Waals surface area contributed by atoms with Crippen molar-refractivity contribution in [1.29, 1.82) is 0 Å². The molecule has 0 fully saturated rings. The van der Waals surface area contributed by atoms with E-state index in [2.05, 4.69) is 10.3 Å². The number of carbonyl (C=O) groups excluding carboxylic acids is 1. The molecule has 0 aliphatic rings. The highest BCUT2D eigenvalue weighted by Crippen LogP contribution is 2.19. The van der Waals surface area contributed by atoms with Crippen molar-refractivity contribution in [2.75, 3.05) is 11.9 Å². The molecule has 0 saturated carbocycles. The number of nitrogens with one attached hydrogen (secondary N) is 1. The summed E-state index contributed by atoms with van der Waals surface area (Å²) in [6.45, 7) is 1.63. The zero-order chi connectivity index (χ0) is 15.2. The Bertz CT molecular complexity index is 629. The van der Waals surface area contributed by atoms with Gasteiger partial charge in [-0.3, -0.25) is 9.78 Å². The lowest BCUT2D eigenvalue weighted by atomic mass is 10.2. The fourth-order valence-corrected chi connectivity index (χ4v) is 1.79. The number of aromatic nitrogens is 1. The lowest BCUT2D eigenvalue weighted by molar-refractivity contribution is -0.118. The molecule has 110 valence electrons. The normalized spacial score (nSPS) is 10.2. The maximum Gasteiger partial charge on any atom is 0.262 e. The van der Waals surface area contributed by atoms with E-state index in [1.807, 2.05) is 13.0 Å². The van der Waals surface area contributed by atoms with Crippen molar-refractivity contribution in [3.05, 3.63) is 52.8 Å². The van der Waals surface area contributed by atoms with E-state index in [4.69, 9.17) is 21.4 Å². The van der Waals surface area contributed by atoms with Gasteiger partial charge in [-0.2, -0.15) is 0 Å². The second-order valence-corrected chi connectivity index (χ2v) is 4.85. The largest absolute Gasteiger partial charge is 0.482 e. The number of anilines is 1. The number of carbonyl (C=O) groups is 1. The van der Waals surface area contributed by atoms with Crippen LogP contribution in [0.4, 0.5) is 5.69 Å². The zero-order valence-corrected chi connectivity index (χ0v) is 12.2. The van der Waals surface area contributed by atoms with Gasteiger partial charge in [0.05, 0.1) is 18.5 Å². The number of hydrogen-bond donors (Lipinski definition) is 2. The molecule has 2 rings (SSSR count). The third-order valence-corrected chi connectivity index (χ3v) is 3.19. The standard InChI is InChI=1S/C15H15ClN2O3/c1-10-2-3-11(6-14(10)16)18-15(20)9-21-13-5-4-12(8-19)17-7-13/h2-7,19H,8-9H2,1H3,(H,18,20). The van der Waals surface area contributed by atoms with Crippen LogP contribution in [0, 0.1) is 6.92 Å². The van der Waals surface area contributed by atoms with Crippen molar-refractivity contribution in [2.45, 2.75) is 13.5 Å². The topological polar surface area (TPSA) is 71.5 Å². The van der Waals surface area contributed by atoms with E-state index in [1.54, 1.807) is 24.3 Å². The minimum absolute atomic E-state index is 0.130. The van der Waals surface area contributed by atoms with Gasteiger partial charge >= 0.3 is 0 Å². The van der Waals surface area contributed by atoms with Crippen molar-refractivity contribution in [3.63, 3.8) is 0 Å². The maximum absolute atomic E-state index is 11.8.